The summed E-state index contributed by atoms with van der Waals surface area (Å²) in [7, 11) is 0. The van der Waals surface area contributed by atoms with Gasteiger partial charge in [-0.25, -0.2) is 4.79 Å². The highest BCUT2D eigenvalue weighted by atomic mass is 16.2. The van der Waals surface area contributed by atoms with Crippen LogP contribution >= 0.6 is 0 Å². The van der Waals surface area contributed by atoms with E-state index in [0.717, 1.165) is 76.9 Å². The Morgan fingerprint density at radius 3 is 2.34 bits per heavy atom. The average Bonchev–Trinajstić information content (AvgIpc) is 3.29. The Hall–Kier alpha value is -2.28. The molecule has 3 fully saturated rings. The molecule has 29 heavy (non-hydrogen) atoms. The molecule has 0 bridgehead atoms. The van der Waals surface area contributed by atoms with E-state index in [2.05, 4.69) is 10.2 Å². The first kappa shape index (κ1) is 20.0. The molecule has 1 aromatic rings. The summed E-state index contributed by atoms with van der Waals surface area (Å²) in [5.74, 6) is -0.0454. The molecule has 3 aliphatic heterocycles. The number of hydrogen-bond acceptors (Lipinski definition) is 4. The highest BCUT2D eigenvalue weighted by Crippen LogP contribution is 2.24. The number of nitrogens with one attached hydrogen (secondary N) is 1. The molecule has 1 atom stereocenters. The zero-order chi connectivity index (χ0) is 20.2. The Morgan fingerprint density at radius 1 is 0.897 bits per heavy atom. The third-order valence-corrected chi connectivity index (χ3v) is 6.43. The number of hydrogen-bond donors (Lipinski definition) is 2. The van der Waals surface area contributed by atoms with E-state index in [9.17, 15) is 9.59 Å². The fourth-order valence-electron chi connectivity index (χ4n) is 4.72. The summed E-state index contributed by atoms with van der Waals surface area (Å²) < 4.78 is 0. The van der Waals surface area contributed by atoms with Crippen molar-refractivity contribution in [3.05, 3.63) is 29.8 Å². The lowest BCUT2D eigenvalue weighted by Crippen LogP contribution is -2.52. The largest absolute Gasteiger partial charge is 0.371 e. The topological polar surface area (TPSA) is 81.9 Å². The third kappa shape index (κ3) is 4.66. The second kappa shape index (κ2) is 9.03. The lowest BCUT2D eigenvalue weighted by Gasteiger charge is -2.36. The standard InChI is InChI=1S/C22H33N5O2/c23-17-9-14-25(15-10-17)20-8-2-1-7-19(20)21(28)24-18-6-5-13-27(16-18)22(29)26-11-3-4-12-26/h1-2,7-8,17-18H,3-6,9-16,23H2,(H,24,28). The molecule has 3 amide bonds. The number of urea groups is 1. The van der Waals surface area contributed by atoms with Crippen molar-refractivity contribution in [2.45, 2.75) is 50.6 Å². The van der Waals surface area contributed by atoms with Crippen molar-refractivity contribution in [3.63, 3.8) is 0 Å². The van der Waals surface area contributed by atoms with Crippen LogP contribution < -0.4 is 16.0 Å². The number of nitrogens with zero attached hydrogens (tertiary/aromatic N) is 3. The van der Waals surface area contributed by atoms with E-state index in [-0.39, 0.29) is 24.0 Å². The van der Waals surface area contributed by atoms with Crippen LogP contribution in [-0.2, 0) is 0 Å². The van der Waals surface area contributed by atoms with Gasteiger partial charge in [0.15, 0.2) is 0 Å². The van der Waals surface area contributed by atoms with Gasteiger partial charge in [-0.3, -0.25) is 4.79 Å². The van der Waals surface area contributed by atoms with Gasteiger partial charge in [0.25, 0.3) is 5.91 Å². The smallest absolute Gasteiger partial charge is 0.320 e. The summed E-state index contributed by atoms with van der Waals surface area (Å²) in [5.41, 5.74) is 7.74. The zero-order valence-electron chi connectivity index (χ0n) is 17.2. The van der Waals surface area contributed by atoms with Crippen LogP contribution in [0.5, 0.6) is 0 Å². The Labute approximate surface area is 173 Å². The fourth-order valence-corrected chi connectivity index (χ4v) is 4.72. The van der Waals surface area contributed by atoms with Crippen molar-refractivity contribution in [3.8, 4) is 0 Å². The third-order valence-electron chi connectivity index (χ3n) is 6.43. The number of carbonyl (C=O) groups is 2. The van der Waals surface area contributed by atoms with E-state index >= 15 is 0 Å². The number of amides is 3. The second-order valence-corrected chi connectivity index (χ2v) is 8.58. The van der Waals surface area contributed by atoms with E-state index in [1.54, 1.807) is 0 Å². The van der Waals surface area contributed by atoms with E-state index in [1.165, 1.54) is 0 Å². The van der Waals surface area contributed by atoms with Crippen LogP contribution in [0, 0.1) is 0 Å². The van der Waals surface area contributed by atoms with Gasteiger partial charge in [-0.1, -0.05) is 12.1 Å². The molecular formula is C22H33N5O2. The number of nitrogens with two attached hydrogens (primary N) is 1. The highest BCUT2D eigenvalue weighted by Gasteiger charge is 2.30. The van der Waals surface area contributed by atoms with Gasteiger partial charge in [0, 0.05) is 57.0 Å². The van der Waals surface area contributed by atoms with Gasteiger partial charge in [0.05, 0.1) is 5.56 Å². The number of para-hydroxylation sites is 1. The first-order valence-electron chi connectivity index (χ1n) is 11.1. The molecule has 0 spiro atoms. The lowest BCUT2D eigenvalue weighted by molar-refractivity contribution is 0.0901. The van der Waals surface area contributed by atoms with Crippen LogP contribution in [0.25, 0.3) is 0 Å². The predicted molar refractivity (Wildman–Crippen MR) is 114 cm³/mol. The summed E-state index contributed by atoms with van der Waals surface area (Å²) >= 11 is 0. The molecule has 0 aliphatic carbocycles. The van der Waals surface area contributed by atoms with E-state index in [4.69, 9.17) is 5.73 Å². The van der Waals surface area contributed by atoms with Crippen LogP contribution in [0.4, 0.5) is 10.5 Å². The molecule has 0 radical (unpaired) electrons. The summed E-state index contributed by atoms with van der Waals surface area (Å²) in [6, 6.07) is 8.21. The van der Waals surface area contributed by atoms with Crippen LogP contribution in [0.2, 0.25) is 0 Å². The molecule has 4 rings (SSSR count). The molecule has 3 saturated heterocycles. The quantitative estimate of drug-likeness (QED) is 0.815. The summed E-state index contributed by atoms with van der Waals surface area (Å²) in [6.45, 7) is 4.87. The van der Waals surface area contributed by atoms with Crippen molar-refractivity contribution in [1.82, 2.24) is 15.1 Å². The molecule has 0 saturated carbocycles. The molecule has 3 N–H and O–H groups in total. The maximum Gasteiger partial charge on any atom is 0.320 e. The number of likely N-dealkylation sites (tertiary alicyclic amines) is 2. The van der Waals surface area contributed by atoms with E-state index < -0.39 is 0 Å². The van der Waals surface area contributed by atoms with Crippen molar-refractivity contribution >= 4 is 17.6 Å². The van der Waals surface area contributed by atoms with Crippen molar-refractivity contribution in [1.29, 1.82) is 0 Å². The van der Waals surface area contributed by atoms with Gasteiger partial charge in [-0.15, -0.1) is 0 Å². The first-order chi connectivity index (χ1) is 14.1. The van der Waals surface area contributed by atoms with Gasteiger partial charge in [0.1, 0.15) is 0 Å². The molecule has 1 unspecified atom stereocenters. The normalized spacial score (nSPS) is 23.3. The Kier molecular flexibility index (Phi) is 6.23. The SMILES string of the molecule is NC1CCN(c2ccccc2C(=O)NC2CCCN(C(=O)N3CCCC3)C2)CC1. The maximum atomic E-state index is 13.1. The molecular weight excluding hydrogens is 366 g/mol. The van der Waals surface area contributed by atoms with Crippen molar-refractivity contribution in [2.75, 3.05) is 44.2 Å². The molecule has 3 heterocycles. The maximum absolute atomic E-state index is 13.1. The Balaban J connectivity index is 1.39. The second-order valence-electron chi connectivity index (χ2n) is 8.58. The summed E-state index contributed by atoms with van der Waals surface area (Å²) in [5, 5.41) is 3.20. The zero-order valence-corrected chi connectivity index (χ0v) is 17.2. The number of anilines is 1. The van der Waals surface area contributed by atoms with E-state index in [1.807, 2.05) is 34.1 Å². The minimum atomic E-state index is -0.0454. The van der Waals surface area contributed by atoms with Gasteiger partial charge in [-0.05, 0) is 50.7 Å². The molecule has 7 nitrogen and oxygen atoms in total. The molecule has 158 valence electrons. The average molecular weight is 400 g/mol. The van der Waals surface area contributed by atoms with Gasteiger partial charge < -0.3 is 25.8 Å². The lowest BCUT2D eigenvalue weighted by atomic mass is 10.0. The van der Waals surface area contributed by atoms with E-state index in [0.29, 0.717) is 12.1 Å². The molecule has 1 aromatic carbocycles. The Bertz CT molecular complexity index is 726. The van der Waals surface area contributed by atoms with Crippen LogP contribution in [0.1, 0.15) is 48.9 Å². The molecule has 0 aromatic heterocycles. The van der Waals surface area contributed by atoms with Crippen molar-refractivity contribution < 1.29 is 9.59 Å². The fraction of sp³-hybridized carbons (Fsp3) is 0.636. The minimum Gasteiger partial charge on any atom is -0.371 e. The minimum absolute atomic E-state index is 0.00522. The van der Waals surface area contributed by atoms with Crippen molar-refractivity contribution in [2.24, 2.45) is 5.73 Å². The first-order valence-corrected chi connectivity index (χ1v) is 11.1. The summed E-state index contributed by atoms with van der Waals surface area (Å²) in [6.07, 6.45) is 5.93. The van der Waals surface area contributed by atoms with Gasteiger partial charge in [0.2, 0.25) is 0 Å². The van der Waals surface area contributed by atoms with Crippen LogP contribution in [0.15, 0.2) is 24.3 Å². The molecule has 3 aliphatic rings. The summed E-state index contributed by atoms with van der Waals surface area (Å²) in [4.78, 5) is 31.9. The van der Waals surface area contributed by atoms with Gasteiger partial charge in [-0.2, -0.15) is 0 Å². The number of carbonyl (C=O) groups excluding carboxylic acids is 2. The van der Waals surface area contributed by atoms with Crippen LogP contribution in [-0.4, -0.2) is 73.1 Å². The predicted octanol–water partition coefficient (Wildman–Crippen LogP) is 2.02. The monoisotopic (exact) mass is 399 g/mol. The van der Waals surface area contributed by atoms with Gasteiger partial charge >= 0.3 is 6.03 Å². The number of benzene rings is 1. The number of rotatable bonds is 3. The number of piperidine rings is 2. The molecule has 7 heteroatoms. The highest BCUT2D eigenvalue weighted by molar-refractivity contribution is 6.00. The van der Waals surface area contributed by atoms with Crippen LogP contribution in [0.3, 0.4) is 0 Å². The Morgan fingerprint density at radius 2 is 1.59 bits per heavy atom.